The van der Waals surface area contributed by atoms with Gasteiger partial charge in [0.2, 0.25) is 0 Å². The van der Waals surface area contributed by atoms with E-state index in [1.54, 1.807) is 26.1 Å². The van der Waals surface area contributed by atoms with E-state index in [9.17, 15) is 13.2 Å². The summed E-state index contributed by atoms with van der Waals surface area (Å²) in [6.07, 6.45) is 4.21. The van der Waals surface area contributed by atoms with Crippen LogP contribution in [-0.2, 0) is 9.84 Å². The molecule has 0 aliphatic carbocycles. The highest BCUT2D eigenvalue weighted by atomic mass is 32.2. The maximum absolute atomic E-state index is 12.1. The van der Waals surface area contributed by atoms with Crippen LogP contribution in [0.3, 0.4) is 0 Å². The number of amides is 1. The fourth-order valence-corrected chi connectivity index (χ4v) is 1.77. The van der Waals surface area contributed by atoms with Crippen LogP contribution >= 0.6 is 0 Å². The Morgan fingerprint density at radius 1 is 1.40 bits per heavy atom. The zero-order valence-electron chi connectivity index (χ0n) is 12.2. The minimum Gasteiger partial charge on any atom is -0.385 e. The van der Waals surface area contributed by atoms with Gasteiger partial charge >= 0.3 is 0 Å². The van der Waals surface area contributed by atoms with Gasteiger partial charge in [-0.05, 0) is 26.8 Å². The Morgan fingerprint density at radius 3 is 2.60 bits per heavy atom. The lowest BCUT2D eigenvalue weighted by Crippen LogP contribution is -2.43. The zero-order valence-corrected chi connectivity index (χ0v) is 13.0. The van der Waals surface area contributed by atoms with Crippen LogP contribution in [0.15, 0.2) is 18.5 Å². The van der Waals surface area contributed by atoms with Crippen molar-refractivity contribution in [3.63, 3.8) is 0 Å². The number of nitrogens with zero attached hydrogens (tertiary/aromatic N) is 1. The van der Waals surface area contributed by atoms with Gasteiger partial charge in [-0.1, -0.05) is 0 Å². The molecule has 0 aliphatic rings. The summed E-state index contributed by atoms with van der Waals surface area (Å²) in [7, 11) is -3.25. The lowest BCUT2D eigenvalue weighted by atomic mass is 10.2. The summed E-state index contributed by atoms with van der Waals surface area (Å²) in [4.78, 5) is 16.1. The molecule has 0 aliphatic heterocycles. The van der Waals surface area contributed by atoms with Gasteiger partial charge in [-0.15, -0.1) is 0 Å². The highest BCUT2D eigenvalue weighted by molar-refractivity contribution is 7.92. The molecule has 0 saturated carbocycles. The molecule has 0 unspecified atom stereocenters. The molecule has 20 heavy (non-hydrogen) atoms. The van der Waals surface area contributed by atoms with Gasteiger partial charge in [0.25, 0.3) is 5.91 Å². The zero-order chi connectivity index (χ0) is 15.4. The number of nitrogens with one attached hydrogen (secondary N) is 2. The first-order chi connectivity index (χ1) is 9.19. The summed E-state index contributed by atoms with van der Waals surface area (Å²) in [6, 6.07) is 1.71. The minimum absolute atomic E-state index is 0.0468. The quantitative estimate of drug-likeness (QED) is 0.820. The molecule has 6 nitrogen and oxygen atoms in total. The van der Waals surface area contributed by atoms with Crippen LogP contribution < -0.4 is 10.6 Å². The minimum atomic E-state index is -3.25. The van der Waals surface area contributed by atoms with Crippen molar-refractivity contribution >= 4 is 21.4 Å². The van der Waals surface area contributed by atoms with E-state index in [1.165, 1.54) is 6.20 Å². The topological polar surface area (TPSA) is 88.2 Å². The summed E-state index contributed by atoms with van der Waals surface area (Å²) < 4.78 is 22.2. The van der Waals surface area contributed by atoms with Crippen molar-refractivity contribution in [3.8, 4) is 0 Å². The fraction of sp³-hybridized carbons (Fsp3) is 0.538. The first kappa shape index (κ1) is 16.4. The van der Waals surface area contributed by atoms with Crippen LogP contribution in [0.4, 0.5) is 5.69 Å². The Balaban J connectivity index is 2.83. The lowest BCUT2D eigenvalue weighted by molar-refractivity contribution is 0.0951. The second kappa shape index (κ2) is 6.21. The van der Waals surface area contributed by atoms with Gasteiger partial charge < -0.3 is 10.6 Å². The maximum Gasteiger partial charge on any atom is 0.255 e. The van der Waals surface area contributed by atoms with E-state index < -0.39 is 14.6 Å². The van der Waals surface area contributed by atoms with Crippen molar-refractivity contribution in [1.29, 1.82) is 0 Å². The molecule has 112 valence electrons. The molecule has 2 N–H and O–H groups in total. The lowest BCUT2D eigenvalue weighted by Gasteiger charge is -2.23. The number of rotatable bonds is 6. The Labute approximate surface area is 119 Å². The van der Waals surface area contributed by atoms with Gasteiger partial charge in [0.05, 0.1) is 16.0 Å². The standard InChI is InChI=1S/C13H21N3O3S/c1-5-15-11-6-7-14-8-10(11)12(17)16-9-13(2,3)20(4,18)19/h6-8H,5,9H2,1-4H3,(H,14,15)(H,16,17). The van der Waals surface area contributed by atoms with Crippen LogP contribution in [0.1, 0.15) is 31.1 Å². The first-order valence-electron chi connectivity index (χ1n) is 6.34. The van der Waals surface area contributed by atoms with Crippen molar-refractivity contribution in [1.82, 2.24) is 10.3 Å². The van der Waals surface area contributed by atoms with Crippen LogP contribution in [0.25, 0.3) is 0 Å². The fourth-order valence-electron chi connectivity index (χ4n) is 1.44. The van der Waals surface area contributed by atoms with Crippen LogP contribution in [0.2, 0.25) is 0 Å². The molecule has 0 fully saturated rings. The molecule has 7 heteroatoms. The number of carbonyl (C=O) groups is 1. The molecule has 0 saturated heterocycles. The van der Waals surface area contributed by atoms with E-state index in [2.05, 4.69) is 15.6 Å². The predicted octanol–water partition coefficient (Wildman–Crippen LogP) is 1.07. The summed E-state index contributed by atoms with van der Waals surface area (Å²) in [5.74, 6) is -0.342. The average molecular weight is 299 g/mol. The summed E-state index contributed by atoms with van der Waals surface area (Å²) >= 11 is 0. The normalized spacial score (nSPS) is 12.0. The van der Waals surface area contributed by atoms with Gasteiger partial charge in [0.15, 0.2) is 9.84 Å². The summed E-state index contributed by atoms with van der Waals surface area (Å²) in [6.45, 7) is 5.81. The van der Waals surface area contributed by atoms with Gasteiger partial charge in [-0.3, -0.25) is 9.78 Å². The van der Waals surface area contributed by atoms with Crippen molar-refractivity contribution in [2.45, 2.75) is 25.5 Å². The molecule has 1 heterocycles. The SMILES string of the molecule is CCNc1ccncc1C(=O)NCC(C)(C)S(C)(=O)=O. The largest absolute Gasteiger partial charge is 0.385 e. The second-order valence-corrected chi connectivity index (χ2v) is 7.82. The third kappa shape index (κ3) is 3.93. The number of aromatic nitrogens is 1. The molecule has 0 atom stereocenters. The molecule has 0 spiro atoms. The van der Waals surface area contributed by atoms with Gasteiger partial charge in [0.1, 0.15) is 0 Å². The molecule has 1 amide bonds. The first-order valence-corrected chi connectivity index (χ1v) is 8.24. The van der Waals surface area contributed by atoms with E-state index in [-0.39, 0.29) is 12.5 Å². The number of pyridine rings is 1. The molecule has 1 aromatic rings. The van der Waals surface area contributed by atoms with E-state index in [4.69, 9.17) is 0 Å². The van der Waals surface area contributed by atoms with E-state index in [1.807, 2.05) is 6.92 Å². The van der Waals surface area contributed by atoms with Gasteiger partial charge in [0, 0.05) is 31.7 Å². The molecule has 0 radical (unpaired) electrons. The average Bonchev–Trinajstić information content (AvgIpc) is 2.36. The molecular formula is C13H21N3O3S. The number of carbonyl (C=O) groups excluding carboxylic acids is 1. The predicted molar refractivity (Wildman–Crippen MR) is 79.7 cm³/mol. The third-order valence-electron chi connectivity index (χ3n) is 3.11. The molecule has 1 aromatic heterocycles. The number of sulfone groups is 1. The Hall–Kier alpha value is -1.63. The maximum atomic E-state index is 12.1. The third-order valence-corrected chi connectivity index (χ3v) is 5.26. The smallest absolute Gasteiger partial charge is 0.255 e. The Bertz CT molecular complexity index is 582. The Kier molecular flexibility index (Phi) is 5.10. The second-order valence-electron chi connectivity index (χ2n) is 5.17. The summed E-state index contributed by atoms with van der Waals surface area (Å²) in [5, 5.41) is 5.71. The van der Waals surface area contributed by atoms with Gasteiger partial charge in [-0.2, -0.15) is 0 Å². The van der Waals surface area contributed by atoms with E-state index >= 15 is 0 Å². The van der Waals surface area contributed by atoms with Crippen LogP contribution in [0.5, 0.6) is 0 Å². The van der Waals surface area contributed by atoms with Gasteiger partial charge in [-0.25, -0.2) is 8.42 Å². The van der Waals surface area contributed by atoms with Crippen molar-refractivity contribution in [2.75, 3.05) is 24.7 Å². The van der Waals surface area contributed by atoms with Crippen LogP contribution in [0, 0.1) is 0 Å². The van der Waals surface area contributed by atoms with Crippen molar-refractivity contribution in [2.24, 2.45) is 0 Å². The molecule has 1 rings (SSSR count). The number of hydrogen-bond donors (Lipinski definition) is 2. The monoisotopic (exact) mass is 299 g/mol. The Morgan fingerprint density at radius 2 is 2.05 bits per heavy atom. The summed E-state index contributed by atoms with van der Waals surface area (Å²) in [5.41, 5.74) is 1.08. The van der Waals surface area contributed by atoms with Crippen molar-refractivity contribution < 1.29 is 13.2 Å². The molecule has 0 bridgehead atoms. The molecular weight excluding hydrogens is 278 g/mol. The number of hydrogen-bond acceptors (Lipinski definition) is 5. The van der Waals surface area contributed by atoms with E-state index in [0.717, 1.165) is 6.26 Å². The highest BCUT2D eigenvalue weighted by Gasteiger charge is 2.30. The molecule has 0 aromatic carbocycles. The van der Waals surface area contributed by atoms with Crippen LogP contribution in [-0.4, -0.2) is 43.4 Å². The van der Waals surface area contributed by atoms with E-state index in [0.29, 0.717) is 17.8 Å². The van der Waals surface area contributed by atoms with Crippen molar-refractivity contribution in [3.05, 3.63) is 24.0 Å². The number of anilines is 1. The highest BCUT2D eigenvalue weighted by Crippen LogP contribution is 2.16.